The standard InChI is InChI=1S/C5H7N3O2/c6-8-7-3-5-4-9-1-2-10-5/h1-2,5H,3-4H2. The number of nitrogens with zero attached hydrogens (tertiary/aromatic N) is 3. The fourth-order valence-corrected chi connectivity index (χ4v) is 0.608. The van der Waals surface area contributed by atoms with Gasteiger partial charge in [-0.15, -0.1) is 0 Å². The number of hydrogen-bond acceptors (Lipinski definition) is 3. The van der Waals surface area contributed by atoms with Crippen molar-refractivity contribution in [2.24, 2.45) is 5.11 Å². The molecule has 0 aromatic heterocycles. The summed E-state index contributed by atoms with van der Waals surface area (Å²) >= 11 is 0. The van der Waals surface area contributed by atoms with Gasteiger partial charge in [0.25, 0.3) is 0 Å². The highest BCUT2D eigenvalue weighted by atomic mass is 16.6. The average Bonchev–Trinajstić information content (AvgIpc) is 2.03. The summed E-state index contributed by atoms with van der Waals surface area (Å²) in [5.41, 5.74) is 7.94. The van der Waals surface area contributed by atoms with Gasteiger partial charge in [0.15, 0.2) is 0 Å². The summed E-state index contributed by atoms with van der Waals surface area (Å²) in [6.07, 6.45) is 2.79. The lowest BCUT2D eigenvalue weighted by Crippen LogP contribution is -2.22. The summed E-state index contributed by atoms with van der Waals surface area (Å²) < 4.78 is 9.90. The molecule has 10 heavy (non-hydrogen) atoms. The van der Waals surface area contributed by atoms with Gasteiger partial charge in [-0.3, -0.25) is 0 Å². The maximum Gasteiger partial charge on any atom is 0.137 e. The minimum Gasteiger partial charge on any atom is -0.494 e. The molecule has 0 aromatic rings. The van der Waals surface area contributed by atoms with Gasteiger partial charge < -0.3 is 9.47 Å². The van der Waals surface area contributed by atoms with Crippen LogP contribution in [0, 0.1) is 0 Å². The minimum atomic E-state index is -0.124. The van der Waals surface area contributed by atoms with Crippen LogP contribution in [0.2, 0.25) is 0 Å². The third kappa shape index (κ3) is 1.87. The molecule has 1 unspecified atom stereocenters. The summed E-state index contributed by atoms with van der Waals surface area (Å²) in [7, 11) is 0. The van der Waals surface area contributed by atoms with Crippen LogP contribution in [0.3, 0.4) is 0 Å². The lowest BCUT2D eigenvalue weighted by atomic mass is 10.4. The SMILES string of the molecule is [N-]=[N+]=NCC1COC=CO1. The van der Waals surface area contributed by atoms with Crippen LogP contribution in [0.25, 0.3) is 10.4 Å². The highest BCUT2D eigenvalue weighted by molar-refractivity contribution is 4.74. The van der Waals surface area contributed by atoms with Crippen molar-refractivity contribution in [2.45, 2.75) is 6.10 Å². The smallest absolute Gasteiger partial charge is 0.137 e. The first-order valence-electron chi connectivity index (χ1n) is 2.86. The largest absolute Gasteiger partial charge is 0.494 e. The Morgan fingerprint density at radius 2 is 2.60 bits per heavy atom. The lowest BCUT2D eigenvalue weighted by Gasteiger charge is -2.16. The highest BCUT2D eigenvalue weighted by Gasteiger charge is 2.09. The van der Waals surface area contributed by atoms with Crippen molar-refractivity contribution in [3.8, 4) is 0 Å². The predicted molar refractivity (Wildman–Crippen MR) is 34.0 cm³/mol. The summed E-state index contributed by atoms with van der Waals surface area (Å²) in [4.78, 5) is 2.60. The maximum absolute atomic E-state index is 7.94. The minimum absolute atomic E-state index is 0.124. The molecule has 0 bridgehead atoms. The number of azide groups is 1. The monoisotopic (exact) mass is 141 g/mol. The van der Waals surface area contributed by atoms with E-state index >= 15 is 0 Å². The molecular weight excluding hydrogens is 134 g/mol. The van der Waals surface area contributed by atoms with Crippen LogP contribution in [-0.4, -0.2) is 19.3 Å². The number of ether oxygens (including phenoxy) is 2. The first-order valence-corrected chi connectivity index (χ1v) is 2.86. The van der Waals surface area contributed by atoms with Gasteiger partial charge in [-0.05, 0) is 5.53 Å². The molecule has 0 saturated carbocycles. The van der Waals surface area contributed by atoms with E-state index < -0.39 is 0 Å². The lowest BCUT2D eigenvalue weighted by molar-refractivity contribution is 0.0391. The van der Waals surface area contributed by atoms with Crippen molar-refractivity contribution in [1.82, 2.24) is 0 Å². The van der Waals surface area contributed by atoms with Crippen LogP contribution in [0.15, 0.2) is 17.6 Å². The topological polar surface area (TPSA) is 67.2 Å². The zero-order chi connectivity index (χ0) is 7.23. The van der Waals surface area contributed by atoms with Crippen LogP contribution in [0.5, 0.6) is 0 Å². The molecule has 1 aliphatic rings. The number of rotatable bonds is 2. The Morgan fingerprint density at radius 1 is 1.70 bits per heavy atom. The van der Waals surface area contributed by atoms with Gasteiger partial charge in [-0.25, -0.2) is 0 Å². The first-order chi connectivity index (χ1) is 4.93. The van der Waals surface area contributed by atoms with Gasteiger partial charge in [0.05, 0.1) is 6.54 Å². The molecule has 0 saturated heterocycles. The molecule has 0 radical (unpaired) electrons. The van der Waals surface area contributed by atoms with E-state index in [9.17, 15) is 0 Å². The summed E-state index contributed by atoms with van der Waals surface area (Å²) in [6, 6.07) is 0. The van der Waals surface area contributed by atoms with Gasteiger partial charge in [0, 0.05) is 4.91 Å². The van der Waals surface area contributed by atoms with E-state index in [1.807, 2.05) is 0 Å². The number of hydrogen-bond donors (Lipinski definition) is 0. The Balaban J connectivity index is 2.28. The molecule has 1 atom stereocenters. The van der Waals surface area contributed by atoms with Crippen molar-refractivity contribution in [1.29, 1.82) is 0 Å². The van der Waals surface area contributed by atoms with E-state index in [4.69, 9.17) is 15.0 Å². The van der Waals surface area contributed by atoms with E-state index in [-0.39, 0.29) is 6.10 Å². The van der Waals surface area contributed by atoms with Crippen molar-refractivity contribution in [3.63, 3.8) is 0 Å². The van der Waals surface area contributed by atoms with Crippen molar-refractivity contribution in [3.05, 3.63) is 23.0 Å². The molecule has 1 heterocycles. The fraction of sp³-hybridized carbons (Fsp3) is 0.600. The molecule has 0 aliphatic carbocycles. The van der Waals surface area contributed by atoms with E-state index in [2.05, 4.69) is 10.0 Å². The van der Waals surface area contributed by atoms with E-state index in [0.717, 1.165) is 0 Å². The van der Waals surface area contributed by atoms with Gasteiger partial charge >= 0.3 is 0 Å². The van der Waals surface area contributed by atoms with Crippen LogP contribution in [-0.2, 0) is 9.47 Å². The molecule has 5 heteroatoms. The van der Waals surface area contributed by atoms with Gasteiger partial charge in [-0.1, -0.05) is 5.11 Å². The molecule has 5 nitrogen and oxygen atoms in total. The summed E-state index contributed by atoms with van der Waals surface area (Å²) in [5, 5.41) is 3.34. The predicted octanol–water partition coefficient (Wildman–Crippen LogP) is 1.18. The van der Waals surface area contributed by atoms with E-state index in [1.54, 1.807) is 0 Å². The Kier molecular flexibility index (Phi) is 2.46. The van der Waals surface area contributed by atoms with E-state index in [0.29, 0.717) is 13.2 Å². The normalized spacial score (nSPS) is 22.2. The molecule has 1 rings (SSSR count). The zero-order valence-electron chi connectivity index (χ0n) is 5.30. The summed E-state index contributed by atoms with van der Waals surface area (Å²) in [5.74, 6) is 0. The average molecular weight is 141 g/mol. The third-order valence-corrected chi connectivity index (χ3v) is 1.05. The Hall–Kier alpha value is -1.35. The van der Waals surface area contributed by atoms with Gasteiger partial charge in [0.1, 0.15) is 25.2 Å². The van der Waals surface area contributed by atoms with Crippen molar-refractivity contribution in [2.75, 3.05) is 13.2 Å². The molecule has 0 spiro atoms. The Bertz CT molecular complexity index is 174. The van der Waals surface area contributed by atoms with Crippen LogP contribution in [0.4, 0.5) is 0 Å². The molecule has 0 N–H and O–H groups in total. The quantitative estimate of drug-likeness (QED) is 0.329. The van der Waals surface area contributed by atoms with Crippen LogP contribution in [0.1, 0.15) is 0 Å². The zero-order valence-corrected chi connectivity index (χ0v) is 5.30. The van der Waals surface area contributed by atoms with Crippen molar-refractivity contribution < 1.29 is 9.47 Å². The molecule has 0 amide bonds. The molecule has 54 valence electrons. The fourth-order valence-electron chi connectivity index (χ4n) is 0.608. The molecule has 0 fully saturated rings. The van der Waals surface area contributed by atoms with Gasteiger partial charge in [0.2, 0.25) is 0 Å². The first kappa shape index (κ1) is 6.77. The van der Waals surface area contributed by atoms with Crippen LogP contribution >= 0.6 is 0 Å². The molecular formula is C5H7N3O2. The van der Waals surface area contributed by atoms with Gasteiger partial charge in [-0.2, -0.15) is 0 Å². The van der Waals surface area contributed by atoms with E-state index in [1.165, 1.54) is 12.5 Å². The molecule has 0 aromatic carbocycles. The van der Waals surface area contributed by atoms with Crippen molar-refractivity contribution >= 4 is 0 Å². The second-order valence-corrected chi connectivity index (χ2v) is 1.78. The second kappa shape index (κ2) is 3.63. The van der Waals surface area contributed by atoms with Crippen LogP contribution < -0.4 is 0 Å². The summed E-state index contributed by atoms with van der Waals surface area (Å²) in [6.45, 7) is 0.774. The molecule has 1 aliphatic heterocycles. The third-order valence-electron chi connectivity index (χ3n) is 1.05. The Labute approximate surface area is 57.9 Å². The highest BCUT2D eigenvalue weighted by Crippen LogP contribution is 2.01. The second-order valence-electron chi connectivity index (χ2n) is 1.78. The Morgan fingerprint density at radius 3 is 3.20 bits per heavy atom. The maximum atomic E-state index is 7.94.